The fraction of sp³-hybridized carbons (Fsp3) is 0.0667. The molecule has 0 radical (unpaired) electrons. The third-order valence-corrected chi connectivity index (χ3v) is 5.69. The second-order valence-electron chi connectivity index (χ2n) is 7.79. The molecule has 0 heterocycles. The molecule has 0 fully saturated rings. The molecule has 0 atom stereocenters. The first-order valence-corrected chi connectivity index (χ1v) is 11.3. The van der Waals surface area contributed by atoms with E-state index in [0.29, 0.717) is 12.1 Å². The van der Waals surface area contributed by atoms with E-state index in [4.69, 9.17) is 22.0 Å². The van der Waals surface area contributed by atoms with E-state index in [2.05, 4.69) is 18.2 Å². The van der Waals surface area contributed by atoms with Crippen molar-refractivity contribution in [1.82, 2.24) is 0 Å². The zero-order chi connectivity index (χ0) is 23.0. The van der Waals surface area contributed by atoms with Gasteiger partial charge < -0.3 is 5.41 Å². The highest BCUT2D eigenvalue weighted by atomic mass is 35.5. The summed E-state index contributed by atoms with van der Waals surface area (Å²) in [5.74, 6) is 0. The van der Waals surface area contributed by atoms with Gasteiger partial charge in [0.2, 0.25) is 0 Å². The van der Waals surface area contributed by atoms with Crippen LogP contribution in [-0.2, 0) is 0 Å². The van der Waals surface area contributed by atoms with E-state index < -0.39 is 0 Å². The fourth-order valence-electron chi connectivity index (χ4n) is 3.61. The number of allylic oxidation sites excluding steroid dienone is 7. The first-order valence-electron chi connectivity index (χ1n) is 10.9. The predicted octanol–water partition coefficient (Wildman–Crippen LogP) is 8.07. The van der Waals surface area contributed by atoms with Crippen molar-refractivity contribution in [1.29, 1.82) is 5.41 Å². The molecule has 0 aliphatic heterocycles. The van der Waals surface area contributed by atoms with Crippen LogP contribution in [-0.4, -0.2) is 11.4 Å². The molecule has 0 saturated heterocycles. The first-order chi connectivity index (χ1) is 16.1. The van der Waals surface area contributed by atoms with Gasteiger partial charge in [0.05, 0.1) is 11.4 Å². The van der Waals surface area contributed by atoms with Crippen LogP contribution in [0.2, 0.25) is 0 Å². The molecule has 3 heteroatoms. The van der Waals surface area contributed by atoms with Crippen LogP contribution in [0, 0.1) is 5.41 Å². The molecular formula is C30H25ClN2. The van der Waals surface area contributed by atoms with Gasteiger partial charge in [-0.05, 0) is 41.8 Å². The van der Waals surface area contributed by atoms with E-state index in [-0.39, 0.29) is 0 Å². The standard InChI is InChI=1S/C30H25ClN2/c1-22(23-10-4-2-5-11-23)33-30(25-12-6-3-7-13-25)21-29(32)27-16-8-15-26(20-27)24-14-9-17-28(31)19-18-24/h2-18,20-21,32H,19H2,1H3/b30-21-,32-29?,33-22?. The van der Waals surface area contributed by atoms with Gasteiger partial charge in [-0.1, -0.05) is 109 Å². The van der Waals surface area contributed by atoms with Crippen LogP contribution in [0.5, 0.6) is 0 Å². The Labute approximate surface area is 200 Å². The van der Waals surface area contributed by atoms with Crippen molar-refractivity contribution in [2.24, 2.45) is 4.99 Å². The summed E-state index contributed by atoms with van der Waals surface area (Å²) in [4.78, 5) is 4.91. The molecule has 4 rings (SSSR count). The van der Waals surface area contributed by atoms with Gasteiger partial charge in [0, 0.05) is 28.3 Å². The van der Waals surface area contributed by atoms with Gasteiger partial charge in [0.25, 0.3) is 0 Å². The molecule has 0 unspecified atom stereocenters. The molecular weight excluding hydrogens is 424 g/mol. The van der Waals surface area contributed by atoms with E-state index in [0.717, 1.165) is 44.3 Å². The molecule has 3 aromatic rings. The summed E-state index contributed by atoms with van der Waals surface area (Å²) in [6.07, 6.45) is 10.6. The van der Waals surface area contributed by atoms with Crippen LogP contribution in [0.3, 0.4) is 0 Å². The summed E-state index contributed by atoms with van der Waals surface area (Å²) >= 11 is 6.17. The Bertz CT molecular complexity index is 1290. The highest BCUT2D eigenvalue weighted by Gasteiger charge is 2.08. The number of aliphatic imine (C=N–C) groups is 1. The summed E-state index contributed by atoms with van der Waals surface area (Å²) in [6, 6.07) is 28.2. The Balaban J connectivity index is 1.69. The van der Waals surface area contributed by atoms with Crippen molar-refractivity contribution in [3.63, 3.8) is 0 Å². The summed E-state index contributed by atoms with van der Waals surface area (Å²) in [5, 5.41) is 9.64. The van der Waals surface area contributed by atoms with E-state index >= 15 is 0 Å². The number of hydrogen-bond acceptors (Lipinski definition) is 2. The Kier molecular flexibility index (Phi) is 7.29. The van der Waals surface area contributed by atoms with Crippen molar-refractivity contribution in [2.75, 3.05) is 0 Å². The third kappa shape index (κ3) is 5.94. The molecule has 0 aromatic heterocycles. The third-order valence-electron chi connectivity index (χ3n) is 5.41. The first kappa shape index (κ1) is 22.4. The zero-order valence-electron chi connectivity index (χ0n) is 18.5. The Hall–Kier alpha value is -3.75. The molecule has 0 bridgehead atoms. The number of halogens is 1. The Morgan fingerprint density at radius 3 is 2.27 bits per heavy atom. The van der Waals surface area contributed by atoms with Crippen molar-refractivity contribution in [3.8, 4) is 0 Å². The zero-order valence-corrected chi connectivity index (χ0v) is 19.3. The van der Waals surface area contributed by atoms with Gasteiger partial charge >= 0.3 is 0 Å². The second-order valence-corrected chi connectivity index (χ2v) is 8.28. The van der Waals surface area contributed by atoms with Crippen LogP contribution < -0.4 is 0 Å². The second kappa shape index (κ2) is 10.7. The molecule has 1 aliphatic rings. The van der Waals surface area contributed by atoms with Crippen molar-refractivity contribution in [3.05, 3.63) is 143 Å². The van der Waals surface area contributed by atoms with Crippen molar-refractivity contribution in [2.45, 2.75) is 13.3 Å². The lowest BCUT2D eigenvalue weighted by Gasteiger charge is -2.09. The highest BCUT2D eigenvalue weighted by Crippen LogP contribution is 2.24. The van der Waals surface area contributed by atoms with Crippen molar-refractivity contribution < 1.29 is 0 Å². The SMILES string of the molecule is CC(=N/C(=C\C(=N)c1cccc(C2=CCC(Cl)=CC=C2)c1)c1ccccc1)c1ccccc1. The van der Waals surface area contributed by atoms with E-state index in [1.807, 2.05) is 104 Å². The summed E-state index contributed by atoms with van der Waals surface area (Å²) in [6.45, 7) is 2.00. The minimum absolute atomic E-state index is 0.412. The van der Waals surface area contributed by atoms with Gasteiger partial charge in [-0.2, -0.15) is 0 Å². The molecule has 33 heavy (non-hydrogen) atoms. The van der Waals surface area contributed by atoms with Crippen molar-refractivity contribution >= 4 is 34.3 Å². The van der Waals surface area contributed by atoms with E-state index in [9.17, 15) is 0 Å². The molecule has 1 aliphatic carbocycles. The van der Waals surface area contributed by atoms with Crippen LogP contribution in [0.25, 0.3) is 11.3 Å². The Morgan fingerprint density at radius 1 is 0.879 bits per heavy atom. The average Bonchev–Trinajstić information content (AvgIpc) is 3.09. The molecule has 1 N–H and O–H groups in total. The van der Waals surface area contributed by atoms with Crippen LogP contribution in [0.15, 0.2) is 125 Å². The van der Waals surface area contributed by atoms with Gasteiger partial charge in [-0.25, -0.2) is 0 Å². The minimum atomic E-state index is 0.412. The smallest absolute Gasteiger partial charge is 0.0726 e. The number of nitrogens with zero attached hydrogens (tertiary/aromatic N) is 1. The molecule has 0 amide bonds. The lowest BCUT2D eigenvalue weighted by Crippen LogP contribution is -2.00. The van der Waals surface area contributed by atoms with Crippen LogP contribution in [0.1, 0.15) is 35.6 Å². The molecule has 0 spiro atoms. The maximum absolute atomic E-state index is 8.83. The number of rotatable bonds is 6. The predicted molar refractivity (Wildman–Crippen MR) is 142 cm³/mol. The summed E-state index contributed by atoms with van der Waals surface area (Å²) in [7, 11) is 0. The monoisotopic (exact) mass is 448 g/mol. The normalized spacial score (nSPS) is 14.4. The quantitative estimate of drug-likeness (QED) is 0.370. The fourth-order valence-corrected chi connectivity index (χ4v) is 3.76. The Morgan fingerprint density at radius 2 is 1.55 bits per heavy atom. The molecule has 3 aromatic carbocycles. The lowest BCUT2D eigenvalue weighted by atomic mass is 9.99. The minimum Gasteiger partial charge on any atom is -0.300 e. The van der Waals surface area contributed by atoms with E-state index in [1.54, 1.807) is 0 Å². The maximum atomic E-state index is 8.83. The number of nitrogens with one attached hydrogen (secondary N) is 1. The highest BCUT2D eigenvalue weighted by molar-refractivity contribution is 6.30. The van der Waals surface area contributed by atoms with Gasteiger partial charge in [-0.15, -0.1) is 0 Å². The molecule has 0 saturated carbocycles. The molecule has 2 nitrogen and oxygen atoms in total. The molecule has 162 valence electrons. The largest absolute Gasteiger partial charge is 0.300 e. The lowest BCUT2D eigenvalue weighted by molar-refractivity contribution is 1.36. The topological polar surface area (TPSA) is 36.2 Å². The van der Waals surface area contributed by atoms with Gasteiger partial charge in [0.15, 0.2) is 0 Å². The van der Waals surface area contributed by atoms with Gasteiger partial charge in [0.1, 0.15) is 0 Å². The number of benzene rings is 3. The average molecular weight is 449 g/mol. The van der Waals surface area contributed by atoms with Gasteiger partial charge in [-0.3, -0.25) is 4.99 Å². The summed E-state index contributed by atoms with van der Waals surface area (Å²) in [5.41, 5.74) is 7.12. The summed E-state index contributed by atoms with van der Waals surface area (Å²) < 4.78 is 0. The maximum Gasteiger partial charge on any atom is 0.0726 e. The van der Waals surface area contributed by atoms with E-state index in [1.165, 1.54) is 0 Å². The van der Waals surface area contributed by atoms with Crippen LogP contribution >= 0.6 is 11.6 Å². The number of hydrogen-bond donors (Lipinski definition) is 1. The van der Waals surface area contributed by atoms with Crippen LogP contribution in [0.4, 0.5) is 0 Å².